The van der Waals surface area contributed by atoms with Crippen molar-refractivity contribution in [2.45, 2.75) is 78.1 Å². The van der Waals surface area contributed by atoms with Gasteiger partial charge in [0.1, 0.15) is 11.6 Å². The zero-order chi connectivity index (χ0) is 20.6. The van der Waals surface area contributed by atoms with Gasteiger partial charge in [-0.05, 0) is 36.6 Å². The molecule has 0 aromatic heterocycles. The monoisotopic (exact) mass is 384 g/mol. The second-order valence-corrected chi connectivity index (χ2v) is 7.38. The zero-order valence-corrected chi connectivity index (χ0v) is 17.6. The second kappa shape index (κ2) is 14.7. The fraction of sp³-hybridized carbons (Fsp3) is 0.583. The van der Waals surface area contributed by atoms with E-state index in [9.17, 15) is 4.79 Å². The highest BCUT2D eigenvalue weighted by Crippen LogP contribution is 2.19. The molecule has 1 rings (SSSR count). The molecule has 4 nitrogen and oxygen atoms in total. The van der Waals surface area contributed by atoms with E-state index < -0.39 is 5.97 Å². The summed E-state index contributed by atoms with van der Waals surface area (Å²) in [6, 6.07) is 9.61. The Labute approximate surface area is 170 Å². The van der Waals surface area contributed by atoms with Crippen LogP contribution in [-0.4, -0.2) is 24.2 Å². The van der Waals surface area contributed by atoms with Crippen molar-refractivity contribution in [3.05, 3.63) is 35.4 Å². The van der Waals surface area contributed by atoms with Crippen molar-refractivity contribution in [3.63, 3.8) is 0 Å². The second-order valence-electron chi connectivity index (χ2n) is 7.38. The summed E-state index contributed by atoms with van der Waals surface area (Å²) in [6.07, 6.45) is 14.1. The Morgan fingerprint density at radius 2 is 1.43 bits per heavy atom. The van der Waals surface area contributed by atoms with Crippen LogP contribution in [0.3, 0.4) is 0 Å². The van der Waals surface area contributed by atoms with Gasteiger partial charge in [-0.25, -0.2) is 4.79 Å². The van der Waals surface area contributed by atoms with E-state index in [4.69, 9.17) is 10.4 Å². The molecule has 0 atom stereocenters. The van der Waals surface area contributed by atoms with E-state index in [1.807, 2.05) is 24.3 Å². The molecule has 0 saturated heterocycles. The van der Waals surface area contributed by atoms with Crippen LogP contribution in [0.25, 0.3) is 6.08 Å². The van der Waals surface area contributed by atoms with Crippen LogP contribution in [0.4, 0.5) is 5.69 Å². The highest BCUT2D eigenvalue weighted by Gasteiger charge is 2.08. The first-order valence-corrected chi connectivity index (χ1v) is 10.8. The van der Waals surface area contributed by atoms with Crippen molar-refractivity contribution in [1.29, 1.82) is 5.26 Å². The maximum Gasteiger partial charge on any atom is 0.346 e. The molecule has 0 amide bonds. The molecule has 0 bridgehead atoms. The van der Waals surface area contributed by atoms with E-state index in [1.54, 1.807) is 6.07 Å². The normalized spacial score (nSPS) is 11.2. The summed E-state index contributed by atoms with van der Waals surface area (Å²) in [5.41, 5.74) is 1.68. The van der Waals surface area contributed by atoms with Gasteiger partial charge in [0, 0.05) is 18.8 Å². The summed E-state index contributed by atoms with van der Waals surface area (Å²) in [4.78, 5) is 13.4. The molecule has 0 aliphatic carbocycles. The standard InChI is InChI=1S/C24H36N2O2/c1-3-5-7-9-11-17-26(18-12-10-8-6-4-2)23-15-13-21(14-16-23)19-22(20-25)24(27)28/h13-16,19H,3-12,17-18H2,1-2H3,(H,27,28). The van der Waals surface area contributed by atoms with E-state index in [2.05, 4.69) is 18.7 Å². The Morgan fingerprint density at radius 1 is 0.929 bits per heavy atom. The van der Waals surface area contributed by atoms with Crippen molar-refractivity contribution >= 4 is 17.7 Å². The lowest BCUT2D eigenvalue weighted by atomic mass is 10.1. The molecule has 1 N–H and O–H groups in total. The number of carboxylic acids is 1. The van der Waals surface area contributed by atoms with Gasteiger partial charge in [0.05, 0.1) is 0 Å². The average molecular weight is 385 g/mol. The van der Waals surface area contributed by atoms with E-state index >= 15 is 0 Å². The minimum atomic E-state index is -1.19. The zero-order valence-electron chi connectivity index (χ0n) is 17.6. The van der Waals surface area contributed by atoms with Crippen LogP contribution >= 0.6 is 0 Å². The van der Waals surface area contributed by atoms with E-state index in [-0.39, 0.29) is 5.57 Å². The number of hydrogen-bond donors (Lipinski definition) is 1. The molecule has 0 heterocycles. The lowest BCUT2D eigenvalue weighted by molar-refractivity contribution is -0.132. The van der Waals surface area contributed by atoms with Crippen molar-refractivity contribution in [2.75, 3.05) is 18.0 Å². The predicted molar refractivity (Wildman–Crippen MR) is 117 cm³/mol. The lowest BCUT2D eigenvalue weighted by Gasteiger charge is -2.25. The molecule has 0 aliphatic heterocycles. The summed E-state index contributed by atoms with van der Waals surface area (Å²) in [5, 5.41) is 17.9. The fourth-order valence-electron chi connectivity index (χ4n) is 3.27. The number of rotatable bonds is 15. The number of hydrogen-bond acceptors (Lipinski definition) is 3. The Kier molecular flexibility index (Phi) is 12.5. The molecule has 0 fully saturated rings. The molecule has 4 heteroatoms. The van der Waals surface area contributed by atoms with Crippen LogP contribution in [0, 0.1) is 11.3 Å². The molecule has 0 unspecified atom stereocenters. The number of carboxylic acid groups (broad SMARTS) is 1. The van der Waals surface area contributed by atoms with Gasteiger partial charge < -0.3 is 10.0 Å². The van der Waals surface area contributed by atoms with Gasteiger partial charge in [0.25, 0.3) is 0 Å². The quantitative estimate of drug-likeness (QED) is 0.215. The summed E-state index contributed by atoms with van der Waals surface area (Å²) in [7, 11) is 0. The summed E-state index contributed by atoms with van der Waals surface area (Å²) in [5.74, 6) is -1.19. The smallest absolute Gasteiger partial charge is 0.346 e. The number of carbonyl (C=O) groups is 1. The SMILES string of the molecule is CCCCCCCN(CCCCCCC)c1ccc(C=C(C#N)C(=O)O)cc1. The number of aliphatic carboxylic acids is 1. The highest BCUT2D eigenvalue weighted by molar-refractivity contribution is 5.96. The van der Waals surface area contributed by atoms with Crippen molar-refractivity contribution in [3.8, 4) is 6.07 Å². The Balaban J connectivity index is 2.72. The number of nitriles is 1. The minimum absolute atomic E-state index is 0.239. The molecular weight excluding hydrogens is 348 g/mol. The maximum atomic E-state index is 11.0. The van der Waals surface area contributed by atoms with Crippen molar-refractivity contribution < 1.29 is 9.90 Å². The third kappa shape index (κ3) is 9.60. The van der Waals surface area contributed by atoms with Crippen LogP contribution in [-0.2, 0) is 4.79 Å². The van der Waals surface area contributed by atoms with Gasteiger partial charge >= 0.3 is 5.97 Å². The van der Waals surface area contributed by atoms with Crippen LogP contribution in [0.15, 0.2) is 29.8 Å². The molecule has 0 spiro atoms. The average Bonchev–Trinajstić information content (AvgIpc) is 2.70. The fourth-order valence-corrected chi connectivity index (χ4v) is 3.27. The van der Waals surface area contributed by atoms with Crippen LogP contribution in [0.1, 0.15) is 83.6 Å². The number of anilines is 1. The molecule has 0 radical (unpaired) electrons. The largest absolute Gasteiger partial charge is 0.477 e. The van der Waals surface area contributed by atoms with Crippen LogP contribution in [0.2, 0.25) is 0 Å². The van der Waals surface area contributed by atoms with E-state index in [1.165, 1.54) is 76.0 Å². The van der Waals surface area contributed by atoms with Gasteiger partial charge in [0.15, 0.2) is 0 Å². The molecule has 154 valence electrons. The summed E-state index contributed by atoms with van der Waals surface area (Å²) in [6.45, 7) is 6.60. The molecule has 0 saturated carbocycles. The molecule has 1 aromatic carbocycles. The third-order valence-corrected chi connectivity index (χ3v) is 4.98. The third-order valence-electron chi connectivity index (χ3n) is 4.98. The maximum absolute atomic E-state index is 11.0. The van der Waals surface area contributed by atoms with Gasteiger partial charge in [-0.15, -0.1) is 0 Å². The number of nitrogens with zero attached hydrogens (tertiary/aromatic N) is 2. The van der Waals surface area contributed by atoms with Crippen LogP contribution < -0.4 is 4.90 Å². The summed E-state index contributed by atoms with van der Waals surface area (Å²) >= 11 is 0. The highest BCUT2D eigenvalue weighted by atomic mass is 16.4. The molecule has 1 aromatic rings. The van der Waals surface area contributed by atoms with Crippen LogP contribution in [0.5, 0.6) is 0 Å². The summed E-state index contributed by atoms with van der Waals surface area (Å²) < 4.78 is 0. The van der Waals surface area contributed by atoms with Gasteiger partial charge in [-0.1, -0.05) is 77.3 Å². The number of benzene rings is 1. The first kappa shape index (κ1) is 23.8. The first-order valence-electron chi connectivity index (χ1n) is 10.8. The van der Waals surface area contributed by atoms with Gasteiger partial charge in [-0.2, -0.15) is 5.26 Å². The van der Waals surface area contributed by atoms with E-state index in [0.29, 0.717) is 0 Å². The lowest BCUT2D eigenvalue weighted by Crippen LogP contribution is -2.25. The minimum Gasteiger partial charge on any atom is -0.477 e. The van der Waals surface area contributed by atoms with Gasteiger partial charge in [0.2, 0.25) is 0 Å². The predicted octanol–water partition coefficient (Wildman–Crippen LogP) is 6.43. The Morgan fingerprint density at radius 3 is 1.86 bits per heavy atom. The van der Waals surface area contributed by atoms with Crippen molar-refractivity contribution in [2.24, 2.45) is 0 Å². The van der Waals surface area contributed by atoms with Gasteiger partial charge in [-0.3, -0.25) is 0 Å². The van der Waals surface area contributed by atoms with E-state index in [0.717, 1.165) is 18.7 Å². The molecule has 28 heavy (non-hydrogen) atoms. The first-order chi connectivity index (χ1) is 13.6. The molecular formula is C24H36N2O2. The number of unbranched alkanes of at least 4 members (excludes halogenated alkanes) is 8. The topological polar surface area (TPSA) is 64.3 Å². The van der Waals surface area contributed by atoms with Crippen molar-refractivity contribution in [1.82, 2.24) is 0 Å². The Hall–Kier alpha value is -2.28. The molecule has 0 aliphatic rings. The Bertz CT molecular complexity index is 615.